The molecule has 17 heavy (non-hydrogen) atoms. The standard InChI is InChI=1S/C12H18N2O3/c1-8(6-13)4-9-2-3-10-12(17-9)5-11(16-10)14-15-7-12/h8-11,14H,2-5,7H2,1H3/t8-,9-,10+,11-,12?/m1/s1. The van der Waals surface area contributed by atoms with Gasteiger partial charge in [-0.25, -0.2) is 0 Å². The Balaban J connectivity index is 1.69. The van der Waals surface area contributed by atoms with Gasteiger partial charge in [0.05, 0.1) is 18.3 Å². The zero-order valence-corrected chi connectivity index (χ0v) is 10.0. The van der Waals surface area contributed by atoms with Gasteiger partial charge in [-0.2, -0.15) is 10.7 Å². The van der Waals surface area contributed by atoms with Gasteiger partial charge in [0.15, 0.2) is 0 Å². The molecule has 3 saturated heterocycles. The molecule has 5 atom stereocenters. The number of nitrogens with one attached hydrogen (secondary N) is 1. The third kappa shape index (κ3) is 1.95. The van der Waals surface area contributed by atoms with Crippen molar-refractivity contribution in [3.8, 4) is 6.07 Å². The Morgan fingerprint density at radius 3 is 3.24 bits per heavy atom. The van der Waals surface area contributed by atoms with Crippen LogP contribution in [0.25, 0.3) is 0 Å². The van der Waals surface area contributed by atoms with E-state index in [9.17, 15) is 0 Å². The number of nitriles is 1. The molecule has 1 spiro atoms. The van der Waals surface area contributed by atoms with E-state index in [1.807, 2.05) is 6.92 Å². The van der Waals surface area contributed by atoms with E-state index in [4.69, 9.17) is 19.6 Å². The monoisotopic (exact) mass is 238 g/mol. The molecule has 3 heterocycles. The minimum atomic E-state index is -0.270. The summed E-state index contributed by atoms with van der Waals surface area (Å²) in [4.78, 5) is 5.33. The fourth-order valence-electron chi connectivity index (χ4n) is 3.12. The molecule has 2 bridgehead atoms. The molecule has 0 saturated carbocycles. The predicted molar refractivity (Wildman–Crippen MR) is 58.6 cm³/mol. The van der Waals surface area contributed by atoms with E-state index < -0.39 is 0 Å². The van der Waals surface area contributed by atoms with Gasteiger partial charge in [0.25, 0.3) is 0 Å². The Kier molecular flexibility index (Phi) is 2.83. The van der Waals surface area contributed by atoms with E-state index in [0.717, 1.165) is 25.7 Å². The summed E-state index contributed by atoms with van der Waals surface area (Å²) < 4.78 is 12.0. The number of nitrogens with zero attached hydrogens (tertiary/aromatic N) is 1. The lowest BCUT2D eigenvalue weighted by molar-refractivity contribution is -0.196. The molecule has 0 radical (unpaired) electrons. The highest BCUT2D eigenvalue weighted by molar-refractivity contribution is 5.02. The van der Waals surface area contributed by atoms with E-state index in [1.165, 1.54) is 0 Å². The van der Waals surface area contributed by atoms with Crippen LogP contribution >= 0.6 is 0 Å². The van der Waals surface area contributed by atoms with Gasteiger partial charge in [0.2, 0.25) is 0 Å². The molecule has 0 aliphatic carbocycles. The minimum Gasteiger partial charge on any atom is -0.366 e. The van der Waals surface area contributed by atoms with Crippen LogP contribution in [0.4, 0.5) is 0 Å². The van der Waals surface area contributed by atoms with E-state index in [2.05, 4.69) is 11.5 Å². The lowest BCUT2D eigenvalue weighted by Crippen LogP contribution is -2.54. The molecule has 1 N–H and O–H groups in total. The molecule has 5 nitrogen and oxygen atoms in total. The summed E-state index contributed by atoms with van der Waals surface area (Å²) in [6.07, 6.45) is 3.94. The van der Waals surface area contributed by atoms with Crippen molar-refractivity contribution in [2.75, 3.05) is 6.61 Å². The van der Waals surface area contributed by atoms with Crippen molar-refractivity contribution in [3.63, 3.8) is 0 Å². The Bertz CT molecular complexity index is 343. The van der Waals surface area contributed by atoms with E-state index >= 15 is 0 Å². The van der Waals surface area contributed by atoms with Gasteiger partial charge in [-0.05, 0) is 26.2 Å². The van der Waals surface area contributed by atoms with E-state index in [1.54, 1.807) is 0 Å². The summed E-state index contributed by atoms with van der Waals surface area (Å²) in [5.74, 6) is 0.0497. The molecule has 0 aromatic carbocycles. The smallest absolute Gasteiger partial charge is 0.133 e. The van der Waals surface area contributed by atoms with Crippen LogP contribution < -0.4 is 5.48 Å². The van der Waals surface area contributed by atoms with Gasteiger partial charge in [-0.1, -0.05) is 0 Å². The van der Waals surface area contributed by atoms with Crippen molar-refractivity contribution in [2.45, 2.75) is 56.6 Å². The molecule has 3 rings (SSSR count). The summed E-state index contributed by atoms with van der Waals surface area (Å²) in [6, 6.07) is 2.27. The first-order valence-corrected chi connectivity index (χ1v) is 6.32. The molecule has 94 valence electrons. The van der Waals surface area contributed by atoms with Crippen LogP contribution in [0.15, 0.2) is 0 Å². The number of ether oxygens (including phenoxy) is 2. The normalized spacial score (nSPS) is 46.0. The lowest BCUT2D eigenvalue weighted by Gasteiger charge is -2.42. The maximum absolute atomic E-state index is 8.86. The topological polar surface area (TPSA) is 63.5 Å². The fourth-order valence-corrected chi connectivity index (χ4v) is 3.12. The van der Waals surface area contributed by atoms with Crippen LogP contribution in [0.2, 0.25) is 0 Å². The summed E-state index contributed by atoms with van der Waals surface area (Å²) in [5.41, 5.74) is 2.60. The average Bonchev–Trinajstić information content (AvgIpc) is 2.58. The van der Waals surface area contributed by atoms with Crippen molar-refractivity contribution < 1.29 is 14.3 Å². The van der Waals surface area contributed by atoms with Gasteiger partial charge >= 0.3 is 0 Å². The fraction of sp³-hybridized carbons (Fsp3) is 0.917. The summed E-state index contributed by atoms with van der Waals surface area (Å²) in [6.45, 7) is 2.49. The lowest BCUT2D eigenvalue weighted by atomic mass is 9.86. The Morgan fingerprint density at radius 2 is 2.41 bits per heavy atom. The van der Waals surface area contributed by atoms with Crippen LogP contribution in [0.5, 0.6) is 0 Å². The van der Waals surface area contributed by atoms with E-state index in [-0.39, 0.29) is 30.0 Å². The van der Waals surface area contributed by atoms with E-state index in [0.29, 0.717) is 6.61 Å². The SMILES string of the molecule is C[C@@H](C#N)C[C@H]1CC[C@@H]2O[C@@H]3CC2(CON3)O1. The second-order valence-corrected chi connectivity index (χ2v) is 5.37. The van der Waals surface area contributed by atoms with Crippen LogP contribution in [-0.2, 0) is 14.3 Å². The third-order valence-electron chi connectivity index (χ3n) is 3.97. The zero-order chi connectivity index (χ0) is 11.9. The first kappa shape index (κ1) is 11.4. The van der Waals surface area contributed by atoms with Crippen LogP contribution in [0.3, 0.4) is 0 Å². The van der Waals surface area contributed by atoms with Crippen LogP contribution in [0, 0.1) is 17.2 Å². The second-order valence-electron chi connectivity index (χ2n) is 5.37. The maximum atomic E-state index is 8.86. The van der Waals surface area contributed by atoms with Gasteiger partial charge in [-0.3, -0.25) is 4.84 Å². The van der Waals surface area contributed by atoms with Gasteiger partial charge in [-0.15, -0.1) is 0 Å². The van der Waals surface area contributed by atoms with Gasteiger partial charge < -0.3 is 9.47 Å². The molecular weight excluding hydrogens is 220 g/mol. The third-order valence-corrected chi connectivity index (χ3v) is 3.97. The largest absolute Gasteiger partial charge is 0.366 e. The van der Waals surface area contributed by atoms with Crippen LogP contribution in [-0.4, -0.2) is 30.6 Å². The molecule has 1 unspecified atom stereocenters. The molecule has 0 aromatic rings. The first-order chi connectivity index (χ1) is 8.22. The highest BCUT2D eigenvalue weighted by Crippen LogP contribution is 2.43. The Morgan fingerprint density at radius 1 is 1.53 bits per heavy atom. The summed E-state index contributed by atoms with van der Waals surface area (Å²) in [5, 5.41) is 8.86. The Labute approximate surface area is 101 Å². The molecular formula is C12H18N2O3. The predicted octanol–water partition coefficient (Wildman–Crippen LogP) is 1.10. The Hall–Kier alpha value is -0.670. The van der Waals surface area contributed by atoms with Gasteiger partial charge in [0, 0.05) is 12.3 Å². The quantitative estimate of drug-likeness (QED) is 0.780. The van der Waals surface area contributed by atoms with Crippen molar-refractivity contribution in [1.29, 1.82) is 5.26 Å². The molecule has 3 aliphatic rings. The zero-order valence-electron chi connectivity index (χ0n) is 10.0. The molecule has 0 amide bonds. The van der Waals surface area contributed by atoms with Gasteiger partial charge in [0.1, 0.15) is 18.4 Å². The summed E-state index contributed by atoms with van der Waals surface area (Å²) >= 11 is 0. The first-order valence-electron chi connectivity index (χ1n) is 6.32. The number of hydrogen-bond donors (Lipinski definition) is 1. The number of hydroxylamine groups is 1. The van der Waals surface area contributed by atoms with Crippen molar-refractivity contribution in [2.24, 2.45) is 5.92 Å². The molecule has 5 heteroatoms. The maximum Gasteiger partial charge on any atom is 0.133 e. The molecule has 3 fully saturated rings. The van der Waals surface area contributed by atoms with Crippen molar-refractivity contribution >= 4 is 0 Å². The number of rotatable bonds is 2. The summed E-state index contributed by atoms with van der Waals surface area (Å²) in [7, 11) is 0. The highest BCUT2D eigenvalue weighted by atomic mass is 16.7. The van der Waals surface area contributed by atoms with Crippen LogP contribution in [0.1, 0.15) is 32.6 Å². The van der Waals surface area contributed by atoms with Crippen molar-refractivity contribution in [1.82, 2.24) is 5.48 Å². The molecule has 3 aliphatic heterocycles. The molecule has 0 aromatic heterocycles. The second kappa shape index (κ2) is 4.21. The van der Waals surface area contributed by atoms with Crippen molar-refractivity contribution in [3.05, 3.63) is 0 Å². The highest BCUT2D eigenvalue weighted by Gasteiger charge is 2.55. The average molecular weight is 238 g/mol. The number of fused-ring (bicyclic) bond motifs is 1. The number of hydrogen-bond acceptors (Lipinski definition) is 5. The minimum absolute atomic E-state index is 0.0270.